The lowest BCUT2D eigenvalue weighted by Gasteiger charge is -2.34. The Bertz CT molecular complexity index is 1040. The summed E-state index contributed by atoms with van der Waals surface area (Å²) in [6.45, 7) is 1.62. The Labute approximate surface area is 183 Å². The van der Waals surface area contributed by atoms with Crippen LogP contribution in [0.4, 0.5) is 23.0 Å². The van der Waals surface area contributed by atoms with Gasteiger partial charge in [-0.15, -0.1) is 0 Å². The van der Waals surface area contributed by atoms with Crippen LogP contribution in [0.3, 0.4) is 0 Å². The van der Waals surface area contributed by atoms with Gasteiger partial charge in [0.15, 0.2) is 0 Å². The second-order valence-electron chi connectivity index (χ2n) is 6.92. The number of aliphatic hydroxyl groups excluding tert-OH is 1. The minimum atomic E-state index is -3.66. The SMILES string of the molecule is CNS(=O)(=O)c1ccc(N2CCC(CO)CC2)c(Nc2ncnc(N)c2C(=N)Br)c1. The largest absolute Gasteiger partial charge is 0.396 e. The van der Waals surface area contributed by atoms with Crippen LogP contribution in [0.25, 0.3) is 0 Å². The van der Waals surface area contributed by atoms with Crippen LogP contribution in [-0.4, -0.2) is 54.9 Å². The average molecular weight is 498 g/mol. The van der Waals surface area contributed by atoms with Gasteiger partial charge in [0.2, 0.25) is 10.0 Å². The van der Waals surface area contributed by atoms with Gasteiger partial charge in [-0.1, -0.05) is 0 Å². The average Bonchev–Trinajstić information content (AvgIpc) is 2.73. The standard InChI is InChI=1S/C18H24BrN7O3S/c1-22-30(28,29)12-2-3-14(26-6-4-11(9-27)5-7-26)13(8-12)25-18-15(16(19)20)17(21)23-10-24-18/h2-3,8,10-11,20,22,27H,4-7,9H2,1H3,(H3,21,23,24,25). The molecule has 3 rings (SSSR count). The molecule has 0 atom stereocenters. The first-order chi connectivity index (χ1) is 14.3. The van der Waals surface area contributed by atoms with Gasteiger partial charge in [0, 0.05) is 19.7 Å². The quantitative estimate of drug-likeness (QED) is 0.361. The molecule has 0 radical (unpaired) electrons. The molecule has 0 amide bonds. The van der Waals surface area contributed by atoms with Crippen molar-refractivity contribution in [1.29, 1.82) is 5.41 Å². The first-order valence-electron chi connectivity index (χ1n) is 9.32. The molecule has 2 aromatic rings. The first-order valence-corrected chi connectivity index (χ1v) is 11.6. The number of nitrogens with two attached hydrogens (primary N) is 1. The zero-order valence-electron chi connectivity index (χ0n) is 16.4. The van der Waals surface area contributed by atoms with E-state index in [0.29, 0.717) is 5.69 Å². The van der Waals surface area contributed by atoms with Crippen molar-refractivity contribution in [3.63, 3.8) is 0 Å². The Kier molecular flexibility index (Phi) is 6.91. The van der Waals surface area contributed by atoms with Crippen molar-refractivity contribution >= 4 is 53.6 Å². The number of hydrogen-bond donors (Lipinski definition) is 5. The third-order valence-electron chi connectivity index (χ3n) is 5.11. The van der Waals surface area contributed by atoms with E-state index in [0.717, 1.165) is 31.6 Å². The van der Waals surface area contributed by atoms with Gasteiger partial charge < -0.3 is 21.1 Å². The molecule has 1 saturated heterocycles. The molecule has 2 heterocycles. The van der Waals surface area contributed by atoms with Crippen molar-refractivity contribution in [2.45, 2.75) is 17.7 Å². The van der Waals surface area contributed by atoms with Crippen molar-refractivity contribution in [1.82, 2.24) is 14.7 Å². The number of nitrogens with one attached hydrogen (secondary N) is 3. The molecular weight excluding hydrogens is 474 g/mol. The van der Waals surface area contributed by atoms with E-state index in [9.17, 15) is 13.5 Å². The van der Waals surface area contributed by atoms with Crippen LogP contribution in [0.2, 0.25) is 0 Å². The summed E-state index contributed by atoms with van der Waals surface area (Å²) in [5.41, 5.74) is 7.50. The molecule has 0 saturated carbocycles. The van der Waals surface area contributed by atoms with Crippen molar-refractivity contribution < 1.29 is 13.5 Å². The van der Waals surface area contributed by atoms with Crippen LogP contribution in [0.15, 0.2) is 29.4 Å². The highest BCUT2D eigenvalue weighted by molar-refractivity contribution is 9.18. The number of nitrogens with zero attached hydrogens (tertiary/aromatic N) is 3. The summed E-state index contributed by atoms with van der Waals surface area (Å²) in [4.78, 5) is 10.3. The summed E-state index contributed by atoms with van der Waals surface area (Å²) < 4.78 is 27.0. The minimum absolute atomic E-state index is 0.00686. The summed E-state index contributed by atoms with van der Waals surface area (Å²) in [5.74, 6) is 0.678. The van der Waals surface area contributed by atoms with E-state index in [4.69, 9.17) is 11.1 Å². The topological polar surface area (TPSA) is 157 Å². The van der Waals surface area contributed by atoms with Gasteiger partial charge in [0.25, 0.3) is 0 Å². The van der Waals surface area contributed by atoms with E-state index in [2.05, 4.69) is 40.8 Å². The van der Waals surface area contributed by atoms with E-state index in [1.54, 1.807) is 12.1 Å². The van der Waals surface area contributed by atoms with Gasteiger partial charge in [0.05, 0.1) is 21.8 Å². The fourth-order valence-electron chi connectivity index (χ4n) is 3.37. The molecule has 1 fully saturated rings. The van der Waals surface area contributed by atoms with Crippen molar-refractivity contribution in [3.05, 3.63) is 30.1 Å². The molecule has 0 bridgehead atoms. The fraction of sp³-hybridized carbons (Fsp3) is 0.389. The molecular formula is C18H24BrN7O3S. The third kappa shape index (κ3) is 4.72. The van der Waals surface area contributed by atoms with Crippen LogP contribution >= 0.6 is 15.9 Å². The van der Waals surface area contributed by atoms with Gasteiger partial charge in [-0.25, -0.2) is 23.1 Å². The van der Waals surface area contributed by atoms with Crippen molar-refractivity contribution in [3.8, 4) is 0 Å². The van der Waals surface area contributed by atoms with E-state index >= 15 is 0 Å². The monoisotopic (exact) mass is 497 g/mol. The maximum Gasteiger partial charge on any atom is 0.240 e. The number of piperidine rings is 1. The lowest BCUT2D eigenvalue weighted by Crippen LogP contribution is -2.35. The Morgan fingerprint density at radius 3 is 2.67 bits per heavy atom. The minimum Gasteiger partial charge on any atom is -0.396 e. The van der Waals surface area contributed by atoms with Gasteiger partial charge >= 0.3 is 0 Å². The van der Waals surface area contributed by atoms with Gasteiger partial charge in [-0.2, -0.15) is 0 Å². The highest BCUT2D eigenvalue weighted by atomic mass is 79.9. The van der Waals surface area contributed by atoms with Crippen LogP contribution in [0.1, 0.15) is 18.4 Å². The van der Waals surface area contributed by atoms with Crippen molar-refractivity contribution in [2.24, 2.45) is 5.92 Å². The Morgan fingerprint density at radius 1 is 1.37 bits per heavy atom. The molecule has 30 heavy (non-hydrogen) atoms. The summed E-state index contributed by atoms with van der Waals surface area (Å²) >= 11 is 3.11. The first kappa shape index (κ1) is 22.4. The highest BCUT2D eigenvalue weighted by Gasteiger charge is 2.23. The summed E-state index contributed by atoms with van der Waals surface area (Å²) in [6.07, 6.45) is 2.95. The van der Waals surface area contributed by atoms with Crippen LogP contribution in [-0.2, 0) is 10.0 Å². The summed E-state index contributed by atoms with van der Waals surface area (Å²) in [5, 5.41) is 20.5. The Balaban J connectivity index is 2.05. The lowest BCUT2D eigenvalue weighted by atomic mass is 9.97. The van der Waals surface area contributed by atoms with Crippen LogP contribution in [0.5, 0.6) is 0 Å². The number of anilines is 4. The molecule has 0 unspecified atom stereocenters. The molecule has 6 N–H and O–H groups in total. The number of hydrogen-bond acceptors (Lipinski definition) is 9. The predicted octanol–water partition coefficient (Wildman–Crippen LogP) is 1.64. The molecule has 162 valence electrons. The number of aliphatic hydroxyl groups is 1. The maximum absolute atomic E-state index is 12.3. The van der Waals surface area contributed by atoms with E-state index in [-0.39, 0.29) is 39.2 Å². The van der Waals surface area contributed by atoms with Crippen LogP contribution in [0, 0.1) is 11.3 Å². The number of benzene rings is 1. The second-order valence-corrected chi connectivity index (χ2v) is 9.60. The number of aromatic nitrogens is 2. The molecule has 10 nitrogen and oxygen atoms in total. The Morgan fingerprint density at radius 2 is 2.07 bits per heavy atom. The number of nitrogen functional groups attached to an aromatic ring is 1. The fourth-order valence-corrected chi connectivity index (χ4v) is 4.52. The van der Waals surface area contributed by atoms with Crippen molar-refractivity contribution in [2.75, 3.05) is 42.7 Å². The number of rotatable bonds is 7. The van der Waals surface area contributed by atoms with E-state index in [1.807, 2.05) is 0 Å². The summed E-state index contributed by atoms with van der Waals surface area (Å²) in [7, 11) is -2.31. The van der Waals surface area contributed by atoms with Gasteiger partial charge in [-0.05, 0) is 59.9 Å². The zero-order chi connectivity index (χ0) is 21.9. The zero-order valence-corrected chi connectivity index (χ0v) is 18.8. The van der Waals surface area contributed by atoms with E-state index < -0.39 is 10.0 Å². The summed E-state index contributed by atoms with van der Waals surface area (Å²) in [6, 6.07) is 4.82. The molecule has 1 aliphatic rings. The molecule has 0 aliphatic carbocycles. The Hall–Kier alpha value is -2.28. The predicted molar refractivity (Wildman–Crippen MR) is 120 cm³/mol. The van der Waals surface area contributed by atoms with E-state index in [1.165, 1.54) is 19.4 Å². The third-order valence-corrected chi connectivity index (χ3v) is 6.92. The number of halogens is 1. The molecule has 0 spiro atoms. The maximum atomic E-state index is 12.3. The highest BCUT2D eigenvalue weighted by Crippen LogP contribution is 2.35. The number of sulfonamides is 1. The molecule has 1 aromatic carbocycles. The molecule has 12 heteroatoms. The molecule has 1 aliphatic heterocycles. The smallest absolute Gasteiger partial charge is 0.240 e. The lowest BCUT2D eigenvalue weighted by molar-refractivity contribution is 0.203. The van der Waals surface area contributed by atoms with Crippen LogP contribution < -0.4 is 20.7 Å². The molecule has 1 aromatic heterocycles. The van der Waals surface area contributed by atoms with Gasteiger partial charge in [-0.3, -0.25) is 5.41 Å². The van der Waals surface area contributed by atoms with Gasteiger partial charge in [0.1, 0.15) is 22.6 Å². The second kappa shape index (κ2) is 9.25. The normalized spacial score (nSPS) is 15.2.